The van der Waals surface area contributed by atoms with Gasteiger partial charge in [-0.2, -0.15) is 0 Å². The third-order valence-electron chi connectivity index (χ3n) is 5.93. The number of hydrogen-bond donors (Lipinski definition) is 6. The molecule has 0 rings (SSSR count). The number of carbonyl (C=O) groups is 1. The van der Waals surface area contributed by atoms with Crippen LogP contribution >= 0.6 is 11.9 Å². The highest BCUT2D eigenvalue weighted by Gasteiger charge is 2.19. The van der Waals surface area contributed by atoms with E-state index < -0.39 is 6.03 Å². The van der Waals surface area contributed by atoms with Gasteiger partial charge in [0.05, 0.1) is 17.4 Å². The number of hydroxylamine groups is 2. The second-order valence-electron chi connectivity index (χ2n) is 14.1. The number of rotatable bonds is 15. The topological polar surface area (TPSA) is 286 Å². The summed E-state index contributed by atoms with van der Waals surface area (Å²) >= 11 is 1.06. The van der Waals surface area contributed by atoms with E-state index >= 15 is 0 Å². The van der Waals surface area contributed by atoms with Crippen LogP contribution < -0.4 is 16.5 Å². The first kappa shape index (κ1) is 66.4. The van der Waals surface area contributed by atoms with Gasteiger partial charge in [-0.15, -0.1) is 20.4 Å². The van der Waals surface area contributed by atoms with Gasteiger partial charge in [-0.1, -0.05) is 26.1 Å². The highest BCUT2D eigenvalue weighted by atomic mass is 32.2. The highest BCUT2D eigenvalue weighted by Crippen LogP contribution is 2.08. The lowest BCUT2D eigenvalue weighted by Crippen LogP contribution is -2.52. The summed E-state index contributed by atoms with van der Waals surface area (Å²) < 4.78 is 2.60. The monoisotopic (exact) mass is 823 g/mol. The molecular weight excluding hydrogens is 743 g/mol. The standard InChI is InChI=1S/C7H17N3O2.C6H15N3O2.C6H16N2O.C6H14N2O.C3H8N2O2.C3H7NOS.CH4/c1-5(2)10(6(3)4)8-7(11)9-12;1-5(2)8(6(3)4)9(11)7-10;2*1-5(2)8(7-9)6(3)4;1-3(2)5(7)4-6;1-3(2)6-4-5;/h5-6,12H,1-4H3,(H2,8,9,11);5-6,10H,1-4H3;5-7,9H,1-4H3;5-6H,1-4H3;3,6H,1-2H3;3H,1-2H3;1H4/p-1/b;9-7-;;;;;. The summed E-state index contributed by atoms with van der Waals surface area (Å²) in [6.07, 6.45) is 0. The third kappa shape index (κ3) is 41.6. The average Bonchev–Trinajstić information content (AvgIpc) is 3.03. The summed E-state index contributed by atoms with van der Waals surface area (Å²) in [6, 6.07) is 0.567. The van der Waals surface area contributed by atoms with Crippen LogP contribution in [-0.4, -0.2) is 111 Å². The fraction of sp³-hybridized carbons (Fsp3) is 0.969. The number of nitroso groups, excluding NO2 is 2. The Labute approximate surface area is 335 Å². The lowest BCUT2D eigenvalue weighted by Gasteiger charge is -2.29. The van der Waals surface area contributed by atoms with Gasteiger partial charge in [0.25, 0.3) is 0 Å². The molecule has 0 saturated carbocycles. The van der Waals surface area contributed by atoms with Gasteiger partial charge in [-0.25, -0.2) is 20.3 Å². The molecule has 2 amide bonds. The first-order valence-corrected chi connectivity index (χ1v) is 18.6. The summed E-state index contributed by atoms with van der Waals surface area (Å²) in [5.41, 5.74) is 6.15. The molecule has 0 unspecified atom stereocenters. The van der Waals surface area contributed by atoms with Crippen LogP contribution in [0.2, 0.25) is 0 Å². The summed E-state index contributed by atoms with van der Waals surface area (Å²) in [5, 5.41) is 69.4. The Morgan fingerprint density at radius 2 is 1.02 bits per heavy atom. The van der Waals surface area contributed by atoms with E-state index in [1.54, 1.807) is 23.9 Å². The Morgan fingerprint density at radius 3 is 1.09 bits per heavy atom. The normalized spacial score (nSPS) is 11.2. The second kappa shape index (κ2) is 40.3. The van der Waals surface area contributed by atoms with Gasteiger partial charge in [-0.3, -0.25) is 15.6 Å². The van der Waals surface area contributed by atoms with E-state index in [1.807, 2.05) is 125 Å². The van der Waals surface area contributed by atoms with Crippen molar-refractivity contribution < 1.29 is 30.2 Å². The predicted octanol–water partition coefficient (Wildman–Crippen LogP) is 8.17. The minimum atomic E-state index is -0.614. The molecule has 0 aliphatic heterocycles. The molecule has 6 N–H and O–H groups in total. The Morgan fingerprint density at radius 1 is 0.655 bits per heavy atom. The fourth-order valence-electron chi connectivity index (χ4n) is 3.83. The van der Waals surface area contributed by atoms with E-state index in [-0.39, 0.29) is 59.5 Å². The van der Waals surface area contributed by atoms with Crippen molar-refractivity contribution in [3.8, 4) is 0 Å². The van der Waals surface area contributed by atoms with E-state index in [0.717, 1.165) is 11.9 Å². The van der Waals surface area contributed by atoms with Gasteiger partial charge >= 0.3 is 6.03 Å². The molecular formula is C32H80N13O9S-. The Kier molecular flexibility index (Phi) is 48.7. The number of amides is 2. The van der Waals surface area contributed by atoms with Crippen molar-refractivity contribution in [3.63, 3.8) is 0 Å². The van der Waals surface area contributed by atoms with Crippen LogP contribution in [0.1, 0.15) is 146 Å². The third-order valence-corrected chi connectivity index (χ3v) is 6.44. The van der Waals surface area contributed by atoms with E-state index in [1.165, 1.54) is 15.5 Å². The zero-order chi connectivity index (χ0) is 44.5. The van der Waals surface area contributed by atoms with Gasteiger partial charge in [0.1, 0.15) is 0 Å². The van der Waals surface area contributed by atoms with Crippen LogP contribution in [0.4, 0.5) is 4.79 Å². The molecule has 0 radical (unpaired) electrons. The minimum Gasteiger partial charge on any atom is -0.737 e. The van der Waals surface area contributed by atoms with Crippen molar-refractivity contribution >= 4 is 18.0 Å². The molecule has 0 aliphatic carbocycles. The van der Waals surface area contributed by atoms with Gasteiger partial charge in [0.2, 0.25) is 0 Å². The minimum absolute atomic E-state index is 0. The maximum Gasteiger partial charge on any atom is 0.353 e. The second-order valence-corrected chi connectivity index (χ2v) is 15.4. The maximum atomic E-state index is 10.8. The summed E-state index contributed by atoms with van der Waals surface area (Å²) in [4.78, 5) is 30.4. The van der Waals surface area contributed by atoms with Crippen LogP contribution in [0.5, 0.6) is 0 Å². The molecule has 0 spiro atoms. The number of hydrazine groups is 3. The van der Waals surface area contributed by atoms with Gasteiger partial charge in [0.15, 0.2) is 11.3 Å². The molecule has 0 atom stereocenters. The van der Waals surface area contributed by atoms with Crippen LogP contribution in [0.3, 0.4) is 0 Å². The van der Waals surface area contributed by atoms with E-state index in [0.29, 0.717) is 17.3 Å². The van der Waals surface area contributed by atoms with Crippen molar-refractivity contribution in [2.75, 3.05) is 0 Å². The molecule has 0 bridgehead atoms. The summed E-state index contributed by atoms with van der Waals surface area (Å²) in [7, 11) is 0. The van der Waals surface area contributed by atoms with E-state index in [4.69, 9.17) is 15.6 Å². The predicted molar refractivity (Wildman–Crippen MR) is 220 cm³/mol. The van der Waals surface area contributed by atoms with Crippen LogP contribution in [0.15, 0.2) is 20.4 Å². The van der Waals surface area contributed by atoms with E-state index in [2.05, 4.69) is 31.4 Å². The number of nitrogens with one attached hydrogen (secondary N) is 3. The summed E-state index contributed by atoms with van der Waals surface area (Å²) in [5.74, 6) is 0. The molecule has 0 fully saturated rings. The lowest BCUT2D eigenvalue weighted by atomic mass is 10.3. The number of carbonyl (C=O) groups excluding carboxylic acids is 1. The number of hydrogen-bond acceptors (Lipinski definition) is 16. The molecule has 334 valence electrons. The largest absolute Gasteiger partial charge is 0.737 e. The molecule has 23 heteroatoms. The fourth-order valence-corrected chi connectivity index (χ4v) is 4.00. The van der Waals surface area contributed by atoms with Crippen LogP contribution in [0.25, 0.3) is 0 Å². The zero-order valence-corrected chi connectivity index (χ0v) is 37.3. The lowest BCUT2D eigenvalue weighted by molar-refractivity contribution is -0.704. The van der Waals surface area contributed by atoms with Crippen molar-refractivity contribution in [3.05, 3.63) is 25.4 Å². The van der Waals surface area contributed by atoms with Crippen molar-refractivity contribution in [1.82, 2.24) is 36.5 Å². The Balaban J connectivity index is -0.000000102. The zero-order valence-electron chi connectivity index (χ0n) is 36.4. The Bertz CT molecular complexity index is 928. The maximum absolute atomic E-state index is 10.8. The Hall–Kier alpha value is -3.38. The van der Waals surface area contributed by atoms with Gasteiger partial charge in [-0.05, 0) is 116 Å². The number of urea groups is 1. The quantitative estimate of drug-likeness (QED) is 0.0227. The van der Waals surface area contributed by atoms with Crippen molar-refractivity contribution in [2.45, 2.75) is 206 Å². The molecule has 0 saturated heterocycles. The van der Waals surface area contributed by atoms with Gasteiger partial charge in [0, 0.05) is 76.8 Å². The smallest absolute Gasteiger partial charge is 0.353 e. The average molecular weight is 823 g/mol. The van der Waals surface area contributed by atoms with Crippen LogP contribution in [-0.2, 0) is 0 Å². The molecule has 55 heavy (non-hydrogen) atoms. The molecule has 22 nitrogen and oxygen atoms in total. The molecule has 0 aromatic heterocycles. The first-order valence-electron chi connectivity index (χ1n) is 17.8. The molecule has 0 aromatic carbocycles. The number of nitrogens with zero attached hydrogens (tertiary/aromatic N) is 10. The molecule has 0 heterocycles. The van der Waals surface area contributed by atoms with Crippen molar-refractivity contribution in [1.29, 1.82) is 0 Å². The molecule has 0 aromatic rings. The van der Waals surface area contributed by atoms with Crippen LogP contribution in [0, 0.1) is 25.4 Å². The van der Waals surface area contributed by atoms with Gasteiger partial charge < -0.3 is 26.0 Å². The first-order chi connectivity index (χ1) is 24.6. The molecule has 0 aliphatic rings. The van der Waals surface area contributed by atoms with Crippen molar-refractivity contribution in [2.24, 2.45) is 20.4 Å². The SMILES string of the molecule is C.CC(C)N(C(C)C)/[N+]([O-])=N/[O-].CC(C)N(N=O)C(C)C.CC(C)N(NC(=O)NO)C(C)C.CC(C)N(NO)C(C)C.CC(C)SN=O.CC(C)[N+]([O-])=NO. The highest BCUT2D eigenvalue weighted by molar-refractivity contribution is 7.98. The summed E-state index contributed by atoms with van der Waals surface area (Å²) in [6.45, 7) is 38.1. The van der Waals surface area contributed by atoms with E-state index in [9.17, 15) is 30.2 Å².